The van der Waals surface area contributed by atoms with E-state index >= 15 is 0 Å². The third kappa shape index (κ3) is 4.38. The lowest BCUT2D eigenvalue weighted by atomic mass is 10.1. The second-order valence-electron chi connectivity index (χ2n) is 5.09. The first kappa shape index (κ1) is 15.7. The number of rotatable bonds is 6. The first-order chi connectivity index (χ1) is 10.1. The molecule has 0 heterocycles. The molecule has 1 atom stereocenters. The number of hydrogen-bond acceptors (Lipinski definition) is 3. The smallest absolute Gasteiger partial charge is 0.142 e. The molecule has 2 N–H and O–H groups in total. The number of nitrogens with zero attached hydrogens (tertiary/aromatic N) is 1. The lowest BCUT2D eigenvalue weighted by Gasteiger charge is -2.25. The van der Waals surface area contributed by atoms with Crippen molar-refractivity contribution < 1.29 is 4.74 Å². The monoisotopic (exact) mass is 304 g/mol. The molecule has 0 bridgehead atoms. The van der Waals surface area contributed by atoms with E-state index in [0.29, 0.717) is 18.3 Å². The van der Waals surface area contributed by atoms with Gasteiger partial charge in [-0.3, -0.25) is 4.90 Å². The molecule has 0 aliphatic heterocycles. The summed E-state index contributed by atoms with van der Waals surface area (Å²) in [7, 11) is 2.08. The summed E-state index contributed by atoms with van der Waals surface area (Å²) in [6, 6.07) is 15.8. The van der Waals surface area contributed by atoms with Crippen molar-refractivity contribution in [3.63, 3.8) is 0 Å². The molecular weight excluding hydrogens is 284 g/mol. The minimum atomic E-state index is 0.305. The lowest BCUT2D eigenvalue weighted by molar-refractivity contribution is 0.201. The van der Waals surface area contributed by atoms with Crippen LogP contribution in [-0.4, -0.2) is 25.1 Å². The number of para-hydroxylation sites is 2. The van der Waals surface area contributed by atoms with E-state index in [-0.39, 0.29) is 0 Å². The van der Waals surface area contributed by atoms with Crippen LogP contribution in [0, 0.1) is 0 Å². The third-order valence-corrected chi connectivity index (χ3v) is 3.89. The Labute approximate surface area is 131 Å². The van der Waals surface area contributed by atoms with E-state index in [1.165, 1.54) is 5.56 Å². The van der Waals surface area contributed by atoms with Gasteiger partial charge >= 0.3 is 0 Å². The van der Waals surface area contributed by atoms with Crippen LogP contribution in [0.25, 0.3) is 0 Å². The van der Waals surface area contributed by atoms with Gasteiger partial charge in [0.25, 0.3) is 0 Å². The van der Waals surface area contributed by atoms with Crippen LogP contribution < -0.4 is 10.5 Å². The molecular formula is C17H21ClN2O. The zero-order chi connectivity index (χ0) is 15.2. The number of nitrogen functional groups attached to an aromatic ring is 1. The van der Waals surface area contributed by atoms with Crippen LogP contribution in [0.3, 0.4) is 0 Å². The van der Waals surface area contributed by atoms with Gasteiger partial charge in [-0.05, 0) is 43.8 Å². The third-order valence-electron chi connectivity index (χ3n) is 3.63. The summed E-state index contributed by atoms with van der Waals surface area (Å²) in [5.41, 5.74) is 7.76. The first-order valence-corrected chi connectivity index (χ1v) is 7.38. The number of hydrogen-bond donors (Lipinski definition) is 1. The molecule has 0 aromatic heterocycles. The Bertz CT molecular complexity index is 571. The molecule has 0 amide bonds. The van der Waals surface area contributed by atoms with E-state index in [9.17, 15) is 0 Å². The molecule has 112 valence electrons. The van der Waals surface area contributed by atoms with Crippen molar-refractivity contribution in [2.24, 2.45) is 0 Å². The molecule has 0 aliphatic carbocycles. The maximum atomic E-state index is 5.92. The Morgan fingerprint density at radius 2 is 1.81 bits per heavy atom. The van der Waals surface area contributed by atoms with Crippen LogP contribution in [0.1, 0.15) is 18.5 Å². The van der Waals surface area contributed by atoms with Gasteiger partial charge in [-0.2, -0.15) is 0 Å². The van der Waals surface area contributed by atoms with Gasteiger partial charge in [-0.25, -0.2) is 0 Å². The van der Waals surface area contributed by atoms with Crippen molar-refractivity contribution in [1.29, 1.82) is 0 Å². The fourth-order valence-corrected chi connectivity index (χ4v) is 2.23. The van der Waals surface area contributed by atoms with Gasteiger partial charge in [-0.1, -0.05) is 35.9 Å². The van der Waals surface area contributed by atoms with E-state index < -0.39 is 0 Å². The number of ether oxygens (including phenoxy) is 1. The number of benzene rings is 2. The van der Waals surface area contributed by atoms with Crippen LogP contribution in [-0.2, 0) is 0 Å². The fourth-order valence-electron chi connectivity index (χ4n) is 2.10. The predicted octanol–water partition coefficient (Wildman–Crippen LogP) is 3.99. The quantitative estimate of drug-likeness (QED) is 0.820. The Morgan fingerprint density at radius 3 is 2.48 bits per heavy atom. The molecule has 2 rings (SSSR count). The molecule has 0 fully saturated rings. The van der Waals surface area contributed by atoms with Crippen molar-refractivity contribution in [2.75, 3.05) is 25.9 Å². The summed E-state index contributed by atoms with van der Waals surface area (Å²) in [4.78, 5) is 2.24. The van der Waals surface area contributed by atoms with Crippen molar-refractivity contribution in [2.45, 2.75) is 13.0 Å². The fraction of sp³-hybridized carbons (Fsp3) is 0.294. The number of halogens is 1. The van der Waals surface area contributed by atoms with Gasteiger partial charge in [0.15, 0.2) is 0 Å². The van der Waals surface area contributed by atoms with Crippen LogP contribution in [0.15, 0.2) is 48.5 Å². The van der Waals surface area contributed by atoms with E-state index in [2.05, 4.69) is 31.0 Å². The van der Waals surface area contributed by atoms with Gasteiger partial charge in [0, 0.05) is 17.6 Å². The first-order valence-electron chi connectivity index (χ1n) is 7.01. The average molecular weight is 305 g/mol. The summed E-state index contributed by atoms with van der Waals surface area (Å²) in [6.07, 6.45) is 0. The van der Waals surface area contributed by atoms with Crippen molar-refractivity contribution in [1.82, 2.24) is 4.90 Å². The highest BCUT2D eigenvalue weighted by atomic mass is 35.5. The molecule has 3 nitrogen and oxygen atoms in total. The Balaban J connectivity index is 1.85. The van der Waals surface area contributed by atoms with Crippen LogP contribution in [0.5, 0.6) is 5.75 Å². The highest BCUT2D eigenvalue weighted by Gasteiger charge is 2.11. The van der Waals surface area contributed by atoms with Gasteiger partial charge in [0.1, 0.15) is 12.4 Å². The summed E-state index contributed by atoms with van der Waals surface area (Å²) in [5.74, 6) is 0.741. The largest absolute Gasteiger partial charge is 0.490 e. The molecule has 0 aliphatic rings. The Hall–Kier alpha value is -1.71. The summed E-state index contributed by atoms with van der Waals surface area (Å²) < 4.78 is 5.72. The second-order valence-corrected chi connectivity index (χ2v) is 5.53. The minimum Gasteiger partial charge on any atom is -0.490 e. The summed E-state index contributed by atoms with van der Waals surface area (Å²) in [5, 5.41) is 0.761. The summed E-state index contributed by atoms with van der Waals surface area (Å²) >= 11 is 5.92. The van der Waals surface area contributed by atoms with Gasteiger partial charge in [0.05, 0.1) is 5.69 Å². The number of nitrogens with two attached hydrogens (primary N) is 1. The molecule has 0 radical (unpaired) electrons. The topological polar surface area (TPSA) is 38.5 Å². The predicted molar refractivity (Wildman–Crippen MR) is 88.8 cm³/mol. The highest BCUT2D eigenvalue weighted by Crippen LogP contribution is 2.22. The zero-order valence-corrected chi connectivity index (χ0v) is 13.2. The molecule has 0 saturated heterocycles. The Morgan fingerprint density at radius 1 is 1.14 bits per heavy atom. The second kappa shape index (κ2) is 7.34. The van der Waals surface area contributed by atoms with Gasteiger partial charge in [-0.15, -0.1) is 0 Å². The maximum absolute atomic E-state index is 5.92. The van der Waals surface area contributed by atoms with E-state index in [0.717, 1.165) is 17.3 Å². The maximum Gasteiger partial charge on any atom is 0.142 e. The van der Waals surface area contributed by atoms with Crippen LogP contribution in [0.4, 0.5) is 5.69 Å². The van der Waals surface area contributed by atoms with Crippen molar-refractivity contribution >= 4 is 17.3 Å². The highest BCUT2D eigenvalue weighted by molar-refractivity contribution is 6.30. The standard InChI is InChI=1S/C17H21ClN2O/c1-13(14-7-9-15(18)10-8-14)20(2)11-12-21-17-6-4-3-5-16(17)19/h3-10,13H,11-12,19H2,1-2H3. The molecule has 0 spiro atoms. The molecule has 2 aromatic carbocycles. The SMILES string of the molecule is CC(c1ccc(Cl)cc1)N(C)CCOc1ccccc1N. The molecule has 2 aromatic rings. The average Bonchev–Trinajstić information content (AvgIpc) is 2.49. The number of anilines is 1. The van der Waals surface area contributed by atoms with E-state index in [1.54, 1.807) is 0 Å². The van der Waals surface area contributed by atoms with Crippen LogP contribution in [0.2, 0.25) is 5.02 Å². The van der Waals surface area contributed by atoms with E-state index in [4.69, 9.17) is 22.1 Å². The van der Waals surface area contributed by atoms with Gasteiger partial charge in [0.2, 0.25) is 0 Å². The van der Waals surface area contributed by atoms with Crippen LogP contribution >= 0.6 is 11.6 Å². The molecule has 21 heavy (non-hydrogen) atoms. The van der Waals surface area contributed by atoms with Crippen molar-refractivity contribution in [3.8, 4) is 5.75 Å². The lowest BCUT2D eigenvalue weighted by Crippen LogP contribution is -2.27. The van der Waals surface area contributed by atoms with E-state index in [1.807, 2.05) is 36.4 Å². The number of likely N-dealkylation sites (N-methyl/N-ethyl adjacent to an activating group) is 1. The van der Waals surface area contributed by atoms with Crippen molar-refractivity contribution in [3.05, 3.63) is 59.1 Å². The minimum absolute atomic E-state index is 0.305. The Kier molecular flexibility index (Phi) is 5.48. The van der Waals surface area contributed by atoms with Gasteiger partial charge < -0.3 is 10.5 Å². The summed E-state index contributed by atoms with van der Waals surface area (Å²) in [6.45, 7) is 3.58. The molecule has 4 heteroatoms. The normalized spacial score (nSPS) is 12.4. The molecule has 0 saturated carbocycles. The molecule has 1 unspecified atom stereocenters. The zero-order valence-electron chi connectivity index (χ0n) is 12.4.